The molecule has 0 amide bonds. The molecule has 3 N–H and O–H groups in total. The van der Waals surface area contributed by atoms with Crippen LogP contribution in [0.1, 0.15) is 37.6 Å². The van der Waals surface area contributed by atoms with E-state index in [1.807, 2.05) is 20.8 Å². The Hall–Kier alpha value is -2.84. The Kier molecular flexibility index (Phi) is 9.29. The van der Waals surface area contributed by atoms with Crippen molar-refractivity contribution in [2.45, 2.75) is 38.1 Å². The highest BCUT2D eigenvalue weighted by Gasteiger charge is 2.25. The molecule has 0 bridgehead atoms. The van der Waals surface area contributed by atoms with E-state index in [1.54, 1.807) is 0 Å². The Bertz CT molecular complexity index is 1370. The van der Waals surface area contributed by atoms with Gasteiger partial charge in [0.25, 0.3) is 5.56 Å². The number of rotatable bonds is 10. The predicted molar refractivity (Wildman–Crippen MR) is 135 cm³/mol. The second kappa shape index (κ2) is 11.5. The van der Waals surface area contributed by atoms with Crippen molar-refractivity contribution in [1.82, 2.24) is 19.6 Å². The molecule has 0 aliphatic carbocycles. The first-order valence-electron chi connectivity index (χ1n) is 10.7. The first kappa shape index (κ1) is 27.4. The fourth-order valence-electron chi connectivity index (χ4n) is 3.51. The zero-order chi connectivity index (χ0) is 24.2. The first-order chi connectivity index (χ1) is 15.7. The van der Waals surface area contributed by atoms with Gasteiger partial charge in [-0.15, -0.1) is 18.8 Å². The number of H-pyrrole nitrogens is 2. The van der Waals surface area contributed by atoms with E-state index in [0.29, 0.717) is 29.3 Å². The van der Waals surface area contributed by atoms with Crippen LogP contribution in [0.4, 0.5) is 0 Å². The smallest absolute Gasteiger partial charge is 0.340 e. The molecular weight excluding hydrogens is 480 g/mol. The van der Waals surface area contributed by atoms with Gasteiger partial charge in [-0.1, -0.05) is 26.7 Å². The van der Waals surface area contributed by atoms with Gasteiger partial charge in [0, 0.05) is 41.6 Å². The number of terminal acetylenes is 1. The Balaban J connectivity index is 0.00000408. The van der Waals surface area contributed by atoms with E-state index in [4.69, 9.17) is 11.2 Å². The summed E-state index contributed by atoms with van der Waals surface area (Å²) in [6.45, 7) is 6.60. The molecule has 0 unspecified atom stereocenters. The monoisotopic (exact) mass is 508 g/mol. The van der Waals surface area contributed by atoms with E-state index in [-0.39, 0.29) is 54.1 Å². The molecule has 2 aromatic heterocycles. The van der Waals surface area contributed by atoms with Crippen LogP contribution in [0.15, 0.2) is 34.1 Å². The van der Waals surface area contributed by atoms with Gasteiger partial charge < -0.3 is 20.0 Å². The maximum Gasteiger partial charge on any atom is 0.340 e. The van der Waals surface area contributed by atoms with Crippen molar-refractivity contribution in [1.29, 1.82) is 0 Å². The molecule has 0 atom stereocenters. The summed E-state index contributed by atoms with van der Waals surface area (Å²) in [6, 6.07) is 4.58. The molecular formula is C23H29ClN4O5S. The van der Waals surface area contributed by atoms with Crippen LogP contribution in [0, 0.1) is 12.3 Å². The summed E-state index contributed by atoms with van der Waals surface area (Å²) < 4.78 is 33.2. The molecule has 11 heteroatoms. The minimum atomic E-state index is -3.93. The van der Waals surface area contributed by atoms with Crippen molar-refractivity contribution in [2.24, 2.45) is 0 Å². The van der Waals surface area contributed by atoms with E-state index in [2.05, 4.69) is 21.2 Å². The molecule has 3 aromatic rings. The number of ether oxygens (including phenoxy) is 1. The summed E-state index contributed by atoms with van der Waals surface area (Å²) in [5.74, 6) is 1.81. The largest absolute Gasteiger partial charge is 0.462 e. The highest BCUT2D eigenvalue weighted by Crippen LogP contribution is 2.28. The summed E-state index contributed by atoms with van der Waals surface area (Å²) in [4.78, 5) is 30.6. The molecule has 1 aromatic carbocycles. The number of hydrogen-bond acceptors (Lipinski definition) is 6. The van der Waals surface area contributed by atoms with Crippen LogP contribution in [0.3, 0.4) is 0 Å². The van der Waals surface area contributed by atoms with Gasteiger partial charge in [0.1, 0.15) is 5.52 Å². The lowest BCUT2D eigenvalue weighted by atomic mass is 10.1. The third kappa shape index (κ3) is 5.62. The molecule has 0 aliphatic heterocycles. The van der Waals surface area contributed by atoms with Crippen molar-refractivity contribution >= 4 is 50.2 Å². The van der Waals surface area contributed by atoms with Crippen LogP contribution < -0.4 is 10.9 Å². The molecule has 0 aliphatic rings. The summed E-state index contributed by atoms with van der Waals surface area (Å²) in [5, 5.41) is 3.91. The van der Waals surface area contributed by atoms with Crippen LogP contribution >= 0.6 is 12.4 Å². The number of carbonyl (C=O) groups is 1. The molecule has 9 nitrogen and oxygen atoms in total. The van der Waals surface area contributed by atoms with E-state index >= 15 is 0 Å². The summed E-state index contributed by atoms with van der Waals surface area (Å²) in [6.07, 6.45) is 7.48. The second-order valence-electron chi connectivity index (χ2n) is 7.90. The number of hydrogen-bond donors (Lipinski definition) is 3. The fraction of sp³-hybridized carbons (Fsp3) is 0.391. The number of aromatic nitrogens is 2. The Morgan fingerprint density at radius 2 is 2.06 bits per heavy atom. The minimum Gasteiger partial charge on any atom is -0.462 e. The summed E-state index contributed by atoms with van der Waals surface area (Å²) in [5.41, 5.74) is 0.324. The molecule has 0 saturated heterocycles. The minimum absolute atomic E-state index is 0. The van der Waals surface area contributed by atoms with Gasteiger partial charge in [-0.25, -0.2) is 13.2 Å². The fourth-order valence-corrected chi connectivity index (χ4v) is 4.89. The Labute approximate surface area is 204 Å². The number of pyridine rings is 1. The number of esters is 1. The third-order valence-electron chi connectivity index (χ3n) is 5.09. The van der Waals surface area contributed by atoms with E-state index in [0.717, 1.165) is 0 Å². The lowest BCUT2D eigenvalue weighted by Crippen LogP contribution is -2.38. The van der Waals surface area contributed by atoms with Crippen molar-refractivity contribution in [3.8, 4) is 12.3 Å². The summed E-state index contributed by atoms with van der Waals surface area (Å²) in [7, 11) is -3.93. The van der Waals surface area contributed by atoms with Gasteiger partial charge in [0.2, 0.25) is 10.0 Å². The highest BCUT2D eigenvalue weighted by molar-refractivity contribution is 7.89. The highest BCUT2D eigenvalue weighted by atomic mass is 35.5. The Morgan fingerprint density at radius 3 is 2.71 bits per heavy atom. The van der Waals surface area contributed by atoms with Crippen molar-refractivity contribution < 1.29 is 17.9 Å². The number of halogens is 1. The lowest BCUT2D eigenvalue weighted by molar-refractivity contribution is 0.0507. The maximum atomic E-state index is 13.4. The van der Waals surface area contributed by atoms with E-state index in [1.165, 1.54) is 28.7 Å². The van der Waals surface area contributed by atoms with Gasteiger partial charge in [-0.2, -0.15) is 4.31 Å². The average molecular weight is 509 g/mol. The number of sulfonamides is 1. The van der Waals surface area contributed by atoms with Crippen LogP contribution in [0.5, 0.6) is 0 Å². The third-order valence-corrected chi connectivity index (χ3v) is 6.93. The zero-order valence-corrected chi connectivity index (χ0v) is 20.9. The zero-order valence-electron chi connectivity index (χ0n) is 19.3. The molecule has 0 fully saturated rings. The van der Waals surface area contributed by atoms with E-state index < -0.39 is 21.6 Å². The van der Waals surface area contributed by atoms with Crippen molar-refractivity contribution in [3.63, 3.8) is 0 Å². The number of aromatic amines is 2. The van der Waals surface area contributed by atoms with Crippen LogP contribution in [0.25, 0.3) is 21.8 Å². The standard InChI is InChI=1S/C23H28N4O5S.ClH/c1-5-10-27(11-9-24-15(3)4)33(30,31)16-7-8-19-17(13-16)20-18(23(29)32-12-6-2)14-25-21(20)22(28)26-19;/h1,7-8,13-15,24-25H,6,9-12H2,2-4H3,(H,26,28);1H. The quantitative estimate of drug-likeness (QED) is 0.285. The van der Waals surface area contributed by atoms with Crippen molar-refractivity contribution in [3.05, 3.63) is 40.3 Å². The number of carbonyl (C=O) groups excluding carboxylic acids is 1. The molecule has 34 heavy (non-hydrogen) atoms. The molecule has 0 saturated carbocycles. The maximum absolute atomic E-state index is 13.4. The summed E-state index contributed by atoms with van der Waals surface area (Å²) >= 11 is 0. The number of nitrogens with zero attached hydrogens (tertiary/aromatic N) is 1. The van der Waals surface area contributed by atoms with Gasteiger partial charge in [-0.05, 0) is 24.6 Å². The Morgan fingerprint density at radius 1 is 1.32 bits per heavy atom. The van der Waals surface area contributed by atoms with Crippen LogP contribution in [-0.2, 0) is 14.8 Å². The van der Waals surface area contributed by atoms with Gasteiger partial charge >= 0.3 is 5.97 Å². The van der Waals surface area contributed by atoms with Gasteiger partial charge in [-0.3, -0.25) is 4.79 Å². The second-order valence-corrected chi connectivity index (χ2v) is 9.84. The SMILES string of the molecule is C#CCN(CCNC(C)C)S(=O)(=O)c1ccc2[nH]c(=O)c3[nH]cc(C(=O)OCCC)c3c2c1.Cl. The molecule has 184 valence electrons. The average Bonchev–Trinajstić information content (AvgIpc) is 3.23. The number of nitrogens with one attached hydrogen (secondary N) is 3. The molecule has 0 radical (unpaired) electrons. The predicted octanol–water partition coefficient (Wildman–Crippen LogP) is 2.62. The van der Waals surface area contributed by atoms with Crippen LogP contribution in [-0.4, -0.2) is 60.9 Å². The van der Waals surface area contributed by atoms with Gasteiger partial charge in [0.05, 0.1) is 23.6 Å². The van der Waals surface area contributed by atoms with Crippen molar-refractivity contribution in [2.75, 3.05) is 26.2 Å². The number of benzene rings is 1. The first-order valence-corrected chi connectivity index (χ1v) is 12.2. The molecule has 2 heterocycles. The van der Waals surface area contributed by atoms with E-state index in [9.17, 15) is 18.0 Å². The normalized spacial score (nSPS) is 11.6. The number of fused-ring (bicyclic) bond motifs is 3. The molecule has 0 spiro atoms. The molecule has 3 rings (SSSR count). The lowest BCUT2D eigenvalue weighted by Gasteiger charge is -2.21. The topological polar surface area (TPSA) is 124 Å². The van der Waals surface area contributed by atoms with Gasteiger partial charge in [0.15, 0.2) is 0 Å². The van der Waals surface area contributed by atoms with Crippen LogP contribution in [0.2, 0.25) is 0 Å².